The Morgan fingerprint density at radius 1 is 1.22 bits per heavy atom. The van der Waals surface area contributed by atoms with Gasteiger partial charge in [0, 0.05) is 43.9 Å². The molecule has 0 unspecified atom stereocenters. The number of rotatable bonds is 3. The van der Waals surface area contributed by atoms with Crippen LogP contribution >= 0.6 is 0 Å². The smallest absolute Gasteiger partial charge is 0.257 e. The number of amides is 1. The Kier molecular flexibility index (Phi) is 4.72. The molecule has 2 atom stereocenters. The first-order chi connectivity index (χ1) is 12.9. The van der Waals surface area contributed by atoms with Gasteiger partial charge in [0.25, 0.3) is 5.91 Å². The van der Waals surface area contributed by atoms with Gasteiger partial charge in [-0.05, 0) is 44.7 Å². The highest BCUT2D eigenvalue weighted by atomic mass is 19.1. The maximum Gasteiger partial charge on any atom is 0.257 e. The van der Waals surface area contributed by atoms with Gasteiger partial charge in [0.15, 0.2) is 0 Å². The first-order valence-electron chi connectivity index (χ1n) is 9.32. The van der Waals surface area contributed by atoms with Crippen LogP contribution in [0.25, 0.3) is 0 Å². The van der Waals surface area contributed by atoms with E-state index in [2.05, 4.69) is 10.1 Å². The number of halogens is 2. The molecule has 3 saturated heterocycles. The van der Waals surface area contributed by atoms with E-state index in [0.717, 1.165) is 61.6 Å². The number of piperidine rings is 1. The van der Waals surface area contributed by atoms with Crippen molar-refractivity contribution >= 4 is 5.91 Å². The summed E-state index contributed by atoms with van der Waals surface area (Å²) in [5.74, 6) is -0.650. The standard InChI is InChI=1S/C20H23F2N3O2/c1-12-18(13(2)27-23-12)11-24-8-14-3-5-16(10-24)25(9-14)20(26)17-6-4-15(21)7-19(17)22/h4,6-7,14,16H,3,5,8-11H2,1-2H3/t14-,16+/m0/s1. The van der Waals surface area contributed by atoms with Crippen LogP contribution < -0.4 is 0 Å². The summed E-state index contributed by atoms with van der Waals surface area (Å²) in [4.78, 5) is 17.0. The van der Waals surface area contributed by atoms with Crippen LogP contribution in [0.15, 0.2) is 22.7 Å². The molecule has 2 aromatic rings. The maximum atomic E-state index is 14.1. The summed E-state index contributed by atoms with van der Waals surface area (Å²) >= 11 is 0. The minimum Gasteiger partial charge on any atom is -0.361 e. The van der Waals surface area contributed by atoms with Crippen LogP contribution in [0.3, 0.4) is 0 Å². The number of fused-ring (bicyclic) bond motifs is 4. The van der Waals surface area contributed by atoms with Crippen molar-refractivity contribution < 1.29 is 18.1 Å². The van der Waals surface area contributed by atoms with Crippen molar-refractivity contribution in [3.05, 3.63) is 52.4 Å². The Bertz CT molecular complexity index is 847. The van der Waals surface area contributed by atoms with Crippen molar-refractivity contribution in [1.29, 1.82) is 0 Å². The zero-order valence-electron chi connectivity index (χ0n) is 15.5. The Morgan fingerprint density at radius 3 is 2.74 bits per heavy atom. The predicted octanol–water partition coefficient (Wildman–Crippen LogP) is 3.31. The number of aryl methyl sites for hydroxylation is 2. The molecule has 144 valence electrons. The summed E-state index contributed by atoms with van der Waals surface area (Å²) < 4.78 is 32.5. The molecule has 0 N–H and O–H groups in total. The Balaban J connectivity index is 1.53. The summed E-state index contributed by atoms with van der Waals surface area (Å²) in [5, 5.41) is 4.02. The van der Waals surface area contributed by atoms with Gasteiger partial charge in [0.2, 0.25) is 0 Å². The zero-order valence-corrected chi connectivity index (χ0v) is 15.5. The molecule has 0 saturated carbocycles. The molecule has 7 heteroatoms. The second-order valence-corrected chi connectivity index (χ2v) is 7.68. The molecule has 27 heavy (non-hydrogen) atoms. The fourth-order valence-electron chi connectivity index (χ4n) is 4.33. The van der Waals surface area contributed by atoms with Gasteiger partial charge in [0.1, 0.15) is 17.4 Å². The van der Waals surface area contributed by atoms with Crippen LogP contribution in [0.1, 0.15) is 40.2 Å². The third kappa shape index (κ3) is 3.48. The van der Waals surface area contributed by atoms with E-state index in [1.807, 2.05) is 13.8 Å². The summed E-state index contributed by atoms with van der Waals surface area (Å²) in [6, 6.07) is 3.18. The average Bonchev–Trinajstić information content (AvgIpc) is 2.81. The Labute approximate surface area is 156 Å². The first kappa shape index (κ1) is 18.1. The number of hydrogen-bond acceptors (Lipinski definition) is 4. The van der Waals surface area contributed by atoms with Gasteiger partial charge in [-0.25, -0.2) is 8.78 Å². The lowest BCUT2D eigenvalue weighted by Crippen LogP contribution is -2.47. The summed E-state index contributed by atoms with van der Waals surface area (Å²) in [6.07, 6.45) is 1.95. The van der Waals surface area contributed by atoms with Gasteiger partial charge >= 0.3 is 0 Å². The van der Waals surface area contributed by atoms with Crippen molar-refractivity contribution in [2.75, 3.05) is 19.6 Å². The first-order valence-corrected chi connectivity index (χ1v) is 9.32. The molecule has 3 aliphatic rings. The van der Waals surface area contributed by atoms with E-state index in [1.165, 1.54) is 6.07 Å². The van der Waals surface area contributed by atoms with Gasteiger partial charge in [-0.2, -0.15) is 0 Å². The molecule has 1 aromatic carbocycles. The van der Waals surface area contributed by atoms with Gasteiger partial charge in [-0.1, -0.05) is 5.16 Å². The third-order valence-corrected chi connectivity index (χ3v) is 5.77. The molecule has 5 nitrogen and oxygen atoms in total. The van der Waals surface area contributed by atoms with Crippen molar-refractivity contribution in [1.82, 2.24) is 15.0 Å². The van der Waals surface area contributed by atoms with E-state index in [-0.39, 0.29) is 17.5 Å². The van der Waals surface area contributed by atoms with E-state index in [4.69, 9.17) is 4.52 Å². The van der Waals surface area contributed by atoms with Gasteiger partial charge < -0.3 is 9.42 Å². The number of carbonyl (C=O) groups is 1. The Morgan fingerprint density at radius 2 is 2.04 bits per heavy atom. The topological polar surface area (TPSA) is 49.6 Å². The summed E-state index contributed by atoms with van der Waals surface area (Å²) in [7, 11) is 0. The van der Waals surface area contributed by atoms with Crippen molar-refractivity contribution in [2.24, 2.45) is 5.92 Å². The fourth-order valence-corrected chi connectivity index (χ4v) is 4.33. The minimum atomic E-state index is -0.798. The van der Waals surface area contributed by atoms with Crippen LogP contribution in [-0.2, 0) is 6.54 Å². The average molecular weight is 375 g/mol. The van der Waals surface area contributed by atoms with E-state index in [0.29, 0.717) is 12.5 Å². The molecule has 1 aromatic heterocycles. The largest absolute Gasteiger partial charge is 0.361 e. The highest BCUT2D eigenvalue weighted by Crippen LogP contribution is 2.31. The molecular weight excluding hydrogens is 352 g/mol. The monoisotopic (exact) mass is 375 g/mol. The summed E-state index contributed by atoms with van der Waals surface area (Å²) in [5.41, 5.74) is 1.94. The van der Waals surface area contributed by atoms with E-state index < -0.39 is 11.6 Å². The number of nitrogens with zero attached hydrogens (tertiary/aromatic N) is 3. The maximum absolute atomic E-state index is 14.1. The van der Waals surface area contributed by atoms with E-state index in [9.17, 15) is 13.6 Å². The molecular formula is C20H23F2N3O2. The lowest BCUT2D eigenvalue weighted by molar-refractivity contribution is 0.0580. The lowest BCUT2D eigenvalue weighted by atomic mass is 9.94. The minimum absolute atomic E-state index is 0.0289. The molecule has 5 rings (SSSR count). The van der Waals surface area contributed by atoms with Crippen LogP contribution in [-0.4, -0.2) is 46.5 Å². The molecule has 4 heterocycles. The second kappa shape index (κ2) is 7.03. The van der Waals surface area contributed by atoms with Crippen molar-refractivity contribution in [3.8, 4) is 0 Å². The molecule has 0 aliphatic carbocycles. The summed E-state index contributed by atoms with van der Waals surface area (Å²) in [6.45, 7) is 6.81. The molecule has 0 radical (unpaired) electrons. The van der Waals surface area contributed by atoms with Crippen LogP contribution in [0.5, 0.6) is 0 Å². The SMILES string of the molecule is Cc1noc(C)c1CN1C[C@@H]2CC[C@H](C1)N(C(=O)c1ccc(F)cc1F)C2. The predicted molar refractivity (Wildman–Crippen MR) is 95.2 cm³/mol. The number of hydrogen-bond donors (Lipinski definition) is 0. The molecule has 2 bridgehead atoms. The molecule has 0 spiro atoms. The van der Waals surface area contributed by atoms with E-state index in [1.54, 1.807) is 4.90 Å². The lowest BCUT2D eigenvalue weighted by Gasteiger charge is -2.36. The van der Waals surface area contributed by atoms with Crippen molar-refractivity contribution in [3.63, 3.8) is 0 Å². The van der Waals surface area contributed by atoms with Gasteiger partial charge in [-0.3, -0.25) is 9.69 Å². The number of benzene rings is 1. The van der Waals surface area contributed by atoms with Gasteiger partial charge in [0.05, 0.1) is 11.3 Å². The van der Waals surface area contributed by atoms with Gasteiger partial charge in [-0.15, -0.1) is 0 Å². The number of carbonyl (C=O) groups excluding carboxylic acids is 1. The van der Waals surface area contributed by atoms with Crippen molar-refractivity contribution in [2.45, 2.75) is 39.3 Å². The second-order valence-electron chi connectivity index (χ2n) is 7.68. The quantitative estimate of drug-likeness (QED) is 0.826. The highest BCUT2D eigenvalue weighted by Gasteiger charge is 2.38. The molecule has 3 aliphatic heterocycles. The van der Waals surface area contributed by atoms with E-state index >= 15 is 0 Å². The zero-order chi connectivity index (χ0) is 19.1. The van der Waals surface area contributed by atoms with Crippen LogP contribution in [0.2, 0.25) is 0 Å². The normalized spacial score (nSPS) is 22.9. The fraction of sp³-hybridized carbons (Fsp3) is 0.500. The van der Waals surface area contributed by atoms with Crippen LogP contribution in [0, 0.1) is 31.4 Å². The third-order valence-electron chi connectivity index (χ3n) is 5.77. The molecule has 1 amide bonds. The molecule has 3 fully saturated rings. The highest BCUT2D eigenvalue weighted by molar-refractivity contribution is 5.94. The Hall–Kier alpha value is -2.28. The van der Waals surface area contributed by atoms with Crippen LogP contribution in [0.4, 0.5) is 8.78 Å². The number of aromatic nitrogens is 1.